The highest BCUT2D eigenvalue weighted by Crippen LogP contribution is 2.25. The second-order valence-corrected chi connectivity index (χ2v) is 4.78. The van der Waals surface area contributed by atoms with Crippen molar-refractivity contribution in [1.29, 1.82) is 0 Å². The molecule has 0 aliphatic heterocycles. The monoisotopic (exact) mass is 272 g/mol. The van der Waals surface area contributed by atoms with Crippen LogP contribution >= 0.6 is 0 Å². The average Bonchev–Trinajstić information content (AvgIpc) is 2.54. The molecule has 0 unspecified atom stereocenters. The predicted octanol–water partition coefficient (Wildman–Crippen LogP) is 4.54. The highest BCUT2D eigenvalue weighted by atomic mass is 14.8. The van der Waals surface area contributed by atoms with Crippen molar-refractivity contribution in [2.45, 2.75) is 0 Å². The van der Waals surface area contributed by atoms with Gasteiger partial charge in [-0.15, -0.1) is 0 Å². The van der Waals surface area contributed by atoms with E-state index in [1.54, 1.807) is 0 Å². The molecule has 0 saturated heterocycles. The Morgan fingerprint density at radius 3 is 2.38 bits per heavy atom. The molecular formula is C19H16N2. The largest absolute Gasteiger partial charge is 0.384 e. The van der Waals surface area contributed by atoms with Crippen molar-refractivity contribution in [3.8, 4) is 0 Å². The molecule has 21 heavy (non-hydrogen) atoms. The highest BCUT2D eigenvalue weighted by molar-refractivity contribution is 6.00. The molecule has 2 N–H and O–H groups in total. The lowest BCUT2D eigenvalue weighted by atomic mass is 10.1. The molecular weight excluding hydrogens is 256 g/mol. The van der Waals surface area contributed by atoms with Crippen molar-refractivity contribution < 1.29 is 0 Å². The van der Waals surface area contributed by atoms with Crippen LogP contribution in [0.5, 0.6) is 0 Å². The van der Waals surface area contributed by atoms with Crippen LogP contribution in [-0.4, -0.2) is 5.84 Å². The molecule has 0 bridgehead atoms. The molecule has 0 aliphatic rings. The van der Waals surface area contributed by atoms with Crippen molar-refractivity contribution in [2.75, 3.05) is 0 Å². The average molecular weight is 272 g/mol. The lowest BCUT2D eigenvalue weighted by molar-refractivity contribution is 1.51. The lowest BCUT2D eigenvalue weighted by Crippen LogP contribution is -2.06. The molecule has 0 atom stereocenters. The lowest BCUT2D eigenvalue weighted by Gasteiger charge is -2.02. The molecule has 0 radical (unpaired) electrons. The first-order valence-corrected chi connectivity index (χ1v) is 6.88. The second-order valence-electron chi connectivity index (χ2n) is 4.78. The number of nitrogens with zero attached hydrogens (tertiary/aromatic N) is 1. The van der Waals surface area contributed by atoms with Gasteiger partial charge in [0.15, 0.2) is 0 Å². The van der Waals surface area contributed by atoms with Crippen LogP contribution in [0.1, 0.15) is 5.56 Å². The number of rotatable bonds is 3. The first kappa shape index (κ1) is 13.1. The molecule has 2 heteroatoms. The third-order valence-electron chi connectivity index (χ3n) is 3.26. The minimum absolute atomic E-state index is 0.496. The van der Waals surface area contributed by atoms with E-state index in [1.807, 2.05) is 66.7 Å². The van der Waals surface area contributed by atoms with Gasteiger partial charge in [0.1, 0.15) is 5.84 Å². The molecule has 0 heterocycles. The van der Waals surface area contributed by atoms with Crippen LogP contribution in [-0.2, 0) is 0 Å². The summed E-state index contributed by atoms with van der Waals surface area (Å²) in [4.78, 5) is 4.51. The second kappa shape index (κ2) is 6.06. The molecule has 0 aromatic heterocycles. The van der Waals surface area contributed by atoms with E-state index >= 15 is 0 Å². The van der Waals surface area contributed by atoms with Crippen LogP contribution in [0, 0.1) is 0 Å². The number of hydrogen-bond acceptors (Lipinski definition) is 1. The third kappa shape index (κ3) is 3.18. The minimum Gasteiger partial charge on any atom is -0.384 e. The Morgan fingerprint density at radius 2 is 1.52 bits per heavy atom. The first-order valence-electron chi connectivity index (χ1n) is 6.88. The van der Waals surface area contributed by atoms with Crippen molar-refractivity contribution in [3.05, 3.63) is 84.4 Å². The Labute approximate surface area is 124 Å². The van der Waals surface area contributed by atoms with Crippen molar-refractivity contribution >= 4 is 28.4 Å². The topological polar surface area (TPSA) is 38.4 Å². The molecule has 2 nitrogen and oxygen atoms in total. The summed E-state index contributed by atoms with van der Waals surface area (Å²) in [6.07, 6.45) is 3.79. The van der Waals surface area contributed by atoms with Crippen LogP contribution in [0.25, 0.3) is 16.8 Å². The zero-order chi connectivity index (χ0) is 14.5. The summed E-state index contributed by atoms with van der Waals surface area (Å²) >= 11 is 0. The molecule has 3 aromatic carbocycles. The molecule has 3 rings (SSSR count). The van der Waals surface area contributed by atoms with Gasteiger partial charge in [-0.1, -0.05) is 72.8 Å². The van der Waals surface area contributed by atoms with Crippen LogP contribution < -0.4 is 5.73 Å². The van der Waals surface area contributed by atoms with Gasteiger partial charge in [-0.2, -0.15) is 0 Å². The van der Waals surface area contributed by atoms with Gasteiger partial charge >= 0.3 is 0 Å². The van der Waals surface area contributed by atoms with Gasteiger partial charge in [0.05, 0.1) is 5.69 Å². The molecule has 102 valence electrons. The van der Waals surface area contributed by atoms with E-state index in [0.29, 0.717) is 5.84 Å². The number of aliphatic imine (C=N–C) groups is 1. The third-order valence-corrected chi connectivity index (χ3v) is 3.26. The SMILES string of the molecule is NC(/C=C\c1ccccc1)=Nc1cccc2ccccc12. The quantitative estimate of drug-likeness (QED) is 0.551. The van der Waals surface area contributed by atoms with Gasteiger partial charge < -0.3 is 5.73 Å². The predicted molar refractivity (Wildman–Crippen MR) is 90.7 cm³/mol. The van der Waals surface area contributed by atoms with Gasteiger partial charge in [-0.05, 0) is 23.1 Å². The summed E-state index contributed by atoms with van der Waals surface area (Å²) < 4.78 is 0. The molecule has 0 amide bonds. The summed E-state index contributed by atoms with van der Waals surface area (Å²) in [6.45, 7) is 0. The minimum atomic E-state index is 0.496. The Balaban J connectivity index is 1.91. The fourth-order valence-electron chi connectivity index (χ4n) is 2.23. The summed E-state index contributed by atoms with van der Waals surface area (Å²) in [5, 5.41) is 2.27. The first-order chi connectivity index (χ1) is 10.3. The van der Waals surface area contributed by atoms with Gasteiger partial charge in [-0.25, -0.2) is 4.99 Å². The van der Waals surface area contributed by atoms with E-state index in [2.05, 4.69) is 23.2 Å². The molecule has 0 spiro atoms. The number of hydrogen-bond donors (Lipinski definition) is 1. The van der Waals surface area contributed by atoms with E-state index < -0.39 is 0 Å². The normalized spacial score (nSPS) is 12.1. The van der Waals surface area contributed by atoms with E-state index in [9.17, 15) is 0 Å². The Kier molecular flexibility index (Phi) is 3.79. The zero-order valence-electron chi connectivity index (χ0n) is 11.6. The van der Waals surface area contributed by atoms with Crippen molar-refractivity contribution in [1.82, 2.24) is 0 Å². The summed E-state index contributed by atoms with van der Waals surface area (Å²) in [5.74, 6) is 0.496. The van der Waals surface area contributed by atoms with Crippen LogP contribution in [0.2, 0.25) is 0 Å². The standard InChI is InChI=1S/C19H16N2/c20-19(14-13-15-7-2-1-3-8-15)21-18-12-6-10-16-9-4-5-11-17(16)18/h1-14H,(H2,20,21)/b14-13-. The Bertz CT molecular complexity index is 797. The summed E-state index contributed by atoms with van der Waals surface area (Å²) in [6, 6.07) is 24.3. The van der Waals surface area contributed by atoms with E-state index in [1.165, 1.54) is 5.39 Å². The number of benzene rings is 3. The van der Waals surface area contributed by atoms with Crippen LogP contribution in [0.3, 0.4) is 0 Å². The number of nitrogens with two attached hydrogens (primary N) is 1. The van der Waals surface area contributed by atoms with Gasteiger partial charge in [0, 0.05) is 5.39 Å². The summed E-state index contributed by atoms with van der Waals surface area (Å²) in [5.41, 5.74) is 8.00. The highest BCUT2D eigenvalue weighted by Gasteiger charge is 1.98. The van der Waals surface area contributed by atoms with Crippen molar-refractivity contribution in [3.63, 3.8) is 0 Å². The maximum Gasteiger partial charge on any atom is 0.124 e. The maximum atomic E-state index is 6.01. The van der Waals surface area contributed by atoms with Gasteiger partial charge in [-0.3, -0.25) is 0 Å². The fraction of sp³-hybridized carbons (Fsp3) is 0. The van der Waals surface area contributed by atoms with Gasteiger partial charge in [0.2, 0.25) is 0 Å². The van der Waals surface area contributed by atoms with E-state index in [4.69, 9.17) is 5.73 Å². The molecule has 0 aliphatic carbocycles. The Morgan fingerprint density at radius 1 is 0.810 bits per heavy atom. The Hall–Kier alpha value is -2.87. The number of fused-ring (bicyclic) bond motifs is 1. The van der Waals surface area contributed by atoms with E-state index in [0.717, 1.165) is 16.6 Å². The maximum absolute atomic E-state index is 6.01. The molecule has 3 aromatic rings. The van der Waals surface area contributed by atoms with Gasteiger partial charge in [0.25, 0.3) is 0 Å². The van der Waals surface area contributed by atoms with Crippen LogP contribution in [0.4, 0.5) is 5.69 Å². The smallest absolute Gasteiger partial charge is 0.124 e. The zero-order valence-corrected chi connectivity index (χ0v) is 11.6. The number of amidine groups is 1. The molecule has 0 saturated carbocycles. The van der Waals surface area contributed by atoms with E-state index in [-0.39, 0.29) is 0 Å². The fourth-order valence-corrected chi connectivity index (χ4v) is 2.23. The summed E-state index contributed by atoms with van der Waals surface area (Å²) in [7, 11) is 0. The van der Waals surface area contributed by atoms with Crippen molar-refractivity contribution in [2.24, 2.45) is 10.7 Å². The van der Waals surface area contributed by atoms with Crippen LogP contribution in [0.15, 0.2) is 83.9 Å². The molecule has 0 fully saturated rings.